The summed E-state index contributed by atoms with van der Waals surface area (Å²) in [6, 6.07) is 5.75. The van der Waals surface area contributed by atoms with Gasteiger partial charge in [-0.05, 0) is 30.4 Å². The maximum absolute atomic E-state index is 7.24. The highest BCUT2D eigenvalue weighted by molar-refractivity contribution is 5.61. The second kappa shape index (κ2) is 9.44. The average molecular weight is 305 g/mol. The Hall–Kier alpha value is -1.58. The van der Waals surface area contributed by atoms with Crippen molar-refractivity contribution in [1.82, 2.24) is 0 Å². The van der Waals surface area contributed by atoms with Crippen LogP contribution in [0.25, 0.3) is 0 Å². The minimum absolute atomic E-state index is 0.595. The first kappa shape index (κ1) is 18.5. The van der Waals surface area contributed by atoms with Gasteiger partial charge >= 0.3 is 0 Å². The lowest BCUT2D eigenvalue weighted by atomic mass is 9.98. The monoisotopic (exact) mass is 305 g/mol. The van der Waals surface area contributed by atoms with Crippen LogP contribution in [0.1, 0.15) is 46.5 Å². The van der Waals surface area contributed by atoms with E-state index in [-0.39, 0.29) is 0 Å². The Morgan fingerprint density at radius 3 is 2.45 bits per heavy atom. The van der Waals surface area contributed by atoms with Crippen LogP contribution in [0.4, 0.5) is 11.4 Å². The fourth-order valence-corrected chi connectivity index (χ4v) is 2.38. The smallest absolute Gasteiger partial charge is 0.148 e. The highest BCUT2D eigenvalue weighted by Crippen LogP contribution is 2.31. The van der Waals surface area contributed by atoms with Crippen molar-refractivity contribution in [2.24, 2.45) is 17.0 Å². The molecule has 1 aromatic rings. The van der Waals surface area contributed by atoms with Gasteiger partial charge in [0.1, 0.15) is 11.4 Å². The summed E-state index contributed by atoms with van der Waals surface area (Å²) < 4.78 is 5.88. The summed E-state index contributed by atoms with van der Waals surface area (Å²) in [4.78, 5) is 2.02. The van der Waals surface area contributed by atoms with E-state index in [1.807, 2.05) is 37.2 Å². The third-order valence-electron chi connectivity index (χ3n) is 3.93. The maximum Gasteiger partial charge on any atom is 0.148 e. The van der Waals surface area contributed by atoms with E-state index in [9.17, 15) is 0 Å². The molecule has 0 aliphatic heterocycles. The summed E-state index contributed by atoms with van der Waals surface area (Å²) in [6.07, 6.45) is 4.90. The largest absolute Gasteiger partial charge is 0.491 e. The average Bonchev–Trinajstić information content (AvgIpc) is 2.46. The van der Waals surface area contributed by atoms with Crippen LogP contribution >= 0.6 is 0 Å². The van der Waals surface area contributed by atoms with Crippen molar-refractivity contribution in [2.75, 3.05) is 25.6 Å². The second-order valence-electron chi connectivity index (χ2n) is 6.73. The Kier molecular flexibility index (Phi) is 7.92. The van der Waals surface area contributed by atoms with E-state index in [0.717, 1.165) is 18.0 Å². The van der Waals surface area contributed by atoms with Gasteiger partial charge in [0.2, 0.25) is 0 Å². The van der Waals surface area contributed by atoms with Gasteiger partial charge in [-0.15, -0.1) is 0 Å². The lowest BCUT2D eigenvalue weighted by Crippen LogP contribution is -2.09. The van der Waals surface area contributed by atoms with Gasteiger partial charge in [-0.3, -0.25) is 0 Å². The van der Waals surface area contributed by atoms with E-state index < -0.39 is 0 Å². The Morgan fingerprint density at radius 1 is 1.14 bits per heavy atom. The van der Waals surface area contributed by atoms with Gasteiger partial charge in [-0.25, -0.2) is 5.53 Å². The molecule has 4 heteroatoms. The Morgan fingerprint density at radius 2 is 1.86 bits per heavy atom. The molecule has 1 rings (SSSR count). The molecule has 0 aliphatic rings. The van der Waals surface area contributed by atoms with Gasteiger partial charge in [0.05, 0.1) is 6.61 Å². The summed E-state index contributed by atoms with van der Waals surface area (Å²) >= 11 is 0. The van der Waals surface area contributed by atoms with Crippen LogP contribution < -0.4 is 9.64 Å². The Labute approximate surface area is 135 Å². The third kappa shape index (κ3) is 6.46. The molecule has 1 N–H and O–H groups in total. The van der Waals surface area contributed by atoms with E-state index in [1.165, 1.54) is 19.3 Å². The zero-order valence-corrected chi connectivity index (χ0v) is 14.7. The molecule has 0 heterocycles. The molecule has 0 saturated heterocycles. The molecule has 22 heavy (non-hydrogen) atoms. The van der Waals surface area contributed by atoms with Gasteiger partial charge in [-0.1, -0.05) is 40.0 Å². The molecule has 0 bridgehead atoms. The molecule has 0 amide bonds. The van der Waals surface area contributed by atoms with Crippen LogP contribution in [0, 0.1) is 17.4 Å². The summed E-state index contributed by atoms with van der Waals surface area (Å²) in [7, 11) is 3.99. The summed E-state index contributed by atoms with van der Waals surface area (Å²) in [5.74, 6) is 2.17. The molecule has 4 nitrogen and oxygen atoms in total. The number of nitrogens with one attached hydrogen (secondary N) is 1. The van der Waals surface area contributed by atoms with Crippen molar-refractivity contribution in [3.63, 3.8) is 0 Å². The lowest BCUT2D eigenvalue weighted by Gasteiger charge is -2.16. The molecule has 0 aliphatic carbocycles. The number of rotatable bonds is 10. The third-order valence-corrected chi connectivity index (χ3v) is 3.93. The molecule has 1 aromatic carbocycles. The van der Waals surface area contributed by atoms with Crippen LogP contribution in [0.15, 0.2) is 23.3 Å². The van der Waals surface area contributed by atoms with Crippen molar-refractivity contribution in [3.8, 4) is 5.75 Å². The second-order valence-corrected chi connectivity index (χ2v) is 6.73. The predicted molar refractivity (Wildman–Crippen MR) is 93.5 cm³/mol. The lowest BCUT2D eigenvalue weighted by molar-refractivity contribution is 0.276. The quantitative estimate of drug-likeness (QED) is 0.568. The number of anilines is 1. The zero-order valence-electron chi connectivity index (χ0n) is 14.7. The minimum Gasteiger partial charge on any atom is -0.491 e. The maximum atomic E-state index is 7.24. The van der Waals surface area contributed by atoms with Crippen molar-refractivity contribution < 1.29 is 4.74 Å². The van der Waals surface area contributed by atoms with E-state index in [4.69, 9.17) is 10.3 Å². The van der Waals surface area contributed by atoms with Crippen molar-refractivity contribution in [1.29, 1.82) is 5.53 Å². The fourth-order valence-electron chi connectivity index (χ4n) is 2.38. The summed E-state index contributed by atoms with van der Waals surface area (Å²) in [5, 5.41) is 3.54. The van der Waals surface area contributed by atoms with Crippen LogP contribution in [0.3, 0.4) is 0 Å². The fraction of sp³-hybridized carbons (Fsp3) is 0.667. The SMILES string of the molecule is CC(C)CCCC(C)CCOc1cc(N(C)C)ccc1N=N. The van der Waals surface area contributed by atoms with Gasteiger partial charge in [0.15, 0.2) is 0 Å². The molecule has 0 saturated carbocycles. The highest BCUT2D eigenvalue weighted by atomic mass is 16.5. The first-order valence-corrected chi connectivity index (χ1v) is 8.25. The van der Waals surface area contributed by atoms with Crippen LogP contribution in [0.5, 0.6) is 5.75 Å². The molecule has 0 aromatic heterocycles. The molecular weight excluding hydrogens is 274 g/mol. The van der Waals surface area contributed by atoms with Crippen molar-refractivity contribution in [3.05, 3.63) is 18.2 Å². The van der Waals surface area contributed by atoms with E-state index in [2.05, 4.69) is 25.9 Å². The van der Waals surface area contributed by atoms with Crippen molar-refractivity contribution in [2.45, 2.75) is 46.5 Å². The van der Waals surface area contributed by atoms with Gasteiger partial charge < -0.3 is 9.64 Å². The Bertz CT molecular complexity index is 458. The number of benzene rings is 1. The molecular formula is C18H31N3O. The topological polar surface area (TPSA) is 48.7 Å². The molecule has 1 atom stereocenters. The number of hydrogen-bond donors (Lipinski definition) is 1. The van der Waals surface area contributed by atoms with E-state index in [1.54, 1.807) is 0 Å². The molecule has 1 unspecified atom stereocenters. The van der Waals surface area contributed by atoms with E-state index >= 15 is 0 Å². The summed E-state index contributed by atoms with van der Waals surface area (Å²) in [5.41, 5.74) is 8.90. The van der Waals surface area contributed by atoms with Crippen LogP contribution in [-0.4, -0.2) is 20.7 Å². The zero-order chi connectivity index (χ0) is 16.5. The standard InChI is InChI=1S/C18H31N3O/c1-14(2)7-6-8-15(3)11-12-22-18-13-16(21(4)5)9-10-17(18)20-19/h9-10,13-15,19H,6-8,11-12H2,1-5H3. The first-order valence-electron chi connectivity index (χ1n) is 8.25. The molecule has 0 spiro atoms. The van der Waals surface area contributed by atoms with Crippen LogP contribution in [-0.2, 0) is 0 Å². The number of nitrogens with zero attached hydrogens (tertiary/aromatic N) is 2. The van der Waals surface area contributed by atoms with Gasteiger partial charge in [0.25, 0.3) is 0 Å². The molecule has 0 radical (unpaired) electrons. The summed E-state index contributed by atoms with van der Waals surface area (Å²) in [6.45, 7) is 7.52. The number of ether oxygens (including phenoxy) is 1. The van der Waals surface area contributed by atoms with Crippen molar-refractivity contribution >= 4 is 11.4 Å². The van der Waals surface area contributed by atoms with Gasteiger partial charge in [-0.2, -0.15) is 5.11 Å². The highest BCUT2D eigenvalue weighted by Gasteiger charge is 2.08. The number of hydrogen-bond acceptors (Lipinski definition) is 4. The minimum atomic E-state index is 0.595. The molecule has 124 valence electrons. The normalized spacial score (nSPS) is 12.3. The Balaban J connectivity index is 2.46. The first-order chi connectivity index (χ1) is 10.4. The van der Waals surface area contributed by atoms with Gasteiger partial charge in [0, 0.05) is 25.8 Å². The predicted octanol–water partition coefficient (Wildman–Crippen LogP) is 5.65. The molecule has 0 fully saturated rings. The van der Waals surface area contributed by atoms with Crippen LogP contribution in [0.2, 0.25) is 0 Å². The van der Waals surface area contributed by atoms with E-state index in [0.29, 0.717) is 24.0 Å².